The highest BCUT2D eigenvalue weighted by Gasteiger charge is 2.35. The molecule has 1 atom stereocenters. The molecule has 0 radical (unpaired) electrons. The molecule has 1 aromatic rings. The molecule has 1 aliphatic heterocycles. The summed E-state index contributed by atoms with van der Waals surface area (Å²) in [5, 5.41) is 2.97. The molecular weight excluding hydrogens is 182 g/mol. The van der Waals surface area contributed by atoms with Gasteiger partial charge in [-0.1, -0.05) is 30.3 Å². The van der Waals surface area contributed by atoms with Gasteiger partial charge in [0.1, 0.15) is 4.87 Å². The number of hydrogen-bond donors (Lipinski definition) is 1. The molecule has 1 aliphatic rings. The SMILES string of the molecule is C[C@@]1(c2ccccc2)NC(=O)CS1. The van der Waals surface area contributed by atoms with E-state index in [1.165, 1.54) is 0 Å². The second-order valence-electron chi connectivity index (χ2n) is 3.24. The summed E-state index contributed by atoms with van der Waals surface area (Å²) in [4.78, 5) is 10.9. The third-order valence-electron chi connectivity index (χ3n) is 2.19. The molecule has 1 heterocycles. The highest BCUT2D eigenvalue weighted by Crippen LogP contribution is 2.36. The quantitative estimate of drug-likeness (QED) is 0.736. The van der Waals surface area contributed by atoms with Crippen molar-refractivity contribution in [3.8, 4) is 0 Å². The van der Waals surface area contributed by atoms with Gasteiger partial charge in [-0.2, -0.15) is 0 Å². The molecule has 0 spiro atoms. The molecule has 1 saturated heterocycles. The number of carbonyl (C=O) groups is 1. The zero-order valence-corrected chi connectivity index (χ0v) is 8.23. The van der Waals surface area contributed by atoms with Crippen LogP contribution in [0.5, 0.6) is 0 Å². The Bertz CT molecular complexity index is 325. The van der Waals surface area contributed by atoms with Crippen molar-refractivity contribution in [2.24, 2.45) is 0 Å². The second-order valence-corrected chi connectivity index (χ2v) is 4.63. The third kappa shape index (κ3) is 1.56. The number of nitrogens with one attached hydrogen (secondary N) is 1. The van der Waals surface area contributed by atoms with Crippen molar-refractivity contribution in [2.45, 2.75) is 11.8 Å². The van der Waals surface area contributed by atoms with Crippen molar-refractivity contribution in [1.82, 2.24) is 5.32 Å². The zero-order chi connectivity index (χ0) is 9.31. The van der Waals surface area contributed by atoms with Crippen LogP contribution in [-0.2, 0) is 9.67 Å². The van der Waals surface area contributed by atoms with Gasteiger partial charge in [0.15, 0.2) is 0 Å². The molecule has 1 amide bonds. The minimum Gasteiger partial charge on any atom is -0.337 e. The van der Waals surface area contributed by atoms with E-state index in [-0.39, 0.29) is 10.8 Å². The van der Waals surface area contributed by atoms with Gasteiger partial charge in [0.25, 0.3) is 0 Å². The van der Waals surface area contributed by atoms with E-state index in [0.717, 1.165) is 5.56 Å². The van der Waals surface area contributed by atoms with Gasteiger partial charge in [0.05, 0.1) is 5.75 Å². The maximum Gasteiger partial charge on any atom is 0.231 e. The standard InChI is InChI=1S/C10H11NOS/c1-10(11-9(12)7-13-10)8-5-3-2-4-6-8/h2-6H,7H2,1H3,(H,11,12)/t10-/m1/s1. The van der Waals surface area contributed by atoms with Crippen LogP contribution in [-0.4, -0.2) is 11.7 Å². The number of benzene rings is 1. The summed E-state index contributed by atoms with van der Waals surface area (Å²) in [6.45, 7) is 2.04. The van der Waals surface area contributed by atoms with Crippen LogP contribution in [0.15, 0.2) is 30.3 Å². The number of thioether (sulfide) groups is 1. The van der Waals surface area contributed by atoms with Gasteiger partial charge in [0, 0.05) is 0 Å². The van der Waals surface area contributed by atoms with Crippen molar-refractivity contribution in [3.63, 3.8) is 0 Å². The van der Waals surface area contributed by atoms with Crippen molar-refractivity contribution in [3.05, 3.63) is 35.9 Å². The van der Waals surface area contributed by atoms with Gasteiger partial charge >= 0.3 is 0 Å². The maximum absolute atomic E-state index is 11.1. The normalized spacial score (nSPS) is 27.3. The van der Waals surface area contributed by atoms with Crippen LogP contribution in [0.4, 0.5) is 0 Å². The molecule has 0 bridgehead atoms. The van der Waals surface area contributed by atoms with Crippen LogP contribution in [0, 0.1) is 0 Å². The third-order valence-corrected chi connectivity index (χ3v) is 3.52. The predicted octanol–water partition coefficient (Wildman–Crippen LogP) is 1.72. The number of rotatable bonds is 1. The Morgan fingerprint density at radius 1 is 1.38 bits per heavy atom. The van der Waals surface area contributed by atoms with E-state index in [9.17, 15) is 4.79 Å². The summed E-state index contributed by atoms with van der Waals surface area (Å²) in [5.74, 6) is 0.683. The molecule has 1 aromatic carbocycles. The average molecular weight is 193 g/mol. The van der Waals surface area contributed by atoms with Gasteiger partial charge < -0.3 is 5.32 Å². The van der Waals surface area contributed by atoms with Crippen molar-refractivity contribution < 1.29 is 4.79 Å². The van der Waals surface area contributed by atoms with Crippen LogP contribution in [0.2, 0.25) is 0 Å². The molecule has 0 saturated carbocycles. The zero-order valence-electron chi connectivity index (χ0n) is 7.41. The summed E-state index contributed by atoms with van der Waals surface area (Å²) in [6.07, 6.45) is 0. The van der Waals surface area contributed by atoms with Crippen molar-refractivity contribution >= 4 is 17.7 Å². The topological polar surface area (TPSA) is 29.1 Å². The Balaban J connectivity index is 2.31. The number of hydrogen-bond acceptors (Lipinski definition) is 2. The summed E-state index contributed by atoms with van der Waals surface area (Å²) in [6, 6.07) is 10.0. The lowest BCUT2D eigenvalue weighted by Crippen LogP contribution is -2.33. The van der Waals surface area contributed by atoms with Crippen LogP contribution >= 0.6 is 11.8 Å². The van der Waals surface area contributed by atoms with Crippen LogP contribution in [0.25, 0.3) is 0 Å². The Labute approximate surface area is 81.7 Å². The summed E-state index contributed by atoms with van der Waals surface area (Å²) in [7, 11) is 0. The molecule has 68 valence electrons. The van der Waals surface area contributed by atoms with Crippen LogP contribution in [0.1, 0.15) is 12.5 Å². The number of carbonyl (C=O) groups excluding carboxylic acids is 1. The Kier molecular flexibility index (Phi) is 2.04. The van der Waals surface area contributed by atoms with Crippen LogP contribution < -0.4 is 5.32 Å². The van der Waals surface area contributed by atoms with E-state index in [4.69, 9.17) is 0 Å². The molecule has 2 nitrogen and oxygen atoms in total. The summed E-state index contributed by atoms with van der Waals surface area (Å²) in [5.41, 5.74) is 1.16. The van der Waals surface area contributed by atoms with Gasteiger partial charge in [-0.25, -0.2) is 0 Å². The Morgan fingerprint density at radius 3 is 2.62 bits per heavy atom. The van der Waals surface area contributed by atoms with Crippen molar-refractivity contribution in [2.75, 3.05) is 5.75 Å². The lowest BCUT2D eigenvalue weighted by atomic mass is 10.1. The molecule has 13 heavy (non-hydrogen) atoms. The van der Waals surface area contributed by atoms with Gasteiger partial charge in [0.2, 0.25) is 5.91 Å². The second kappa shape index (κ2) is 3.07. The molecule has 0 unspecified atom stereocenters. The minimum atomic E-state index is -0.224. The lowest BCUT2D eigenvalue weighted by molar-refractivity contribution is -0.118. The summed E-state index contributed by atoms with van der Waals surface area (Å²) < 4.78 is 0. The predicted molar refractivity (Wildman–Crippen MR) is 54.4 cm³/mol. The van der Waals surface area contributed by atoms with E-state index in [2.05, 4.69) is 5.32 Å². The minimum absolute atomic E-state index is 0.122. The lowest BCUT2D eigenvalue weighted by Gasteiger charge is -2.23. The van der Waals surface area contributed by atoms with E-state index < -0.39 is 0 Å². The van der Waals surface area contributed by atoms with E-state index in [1.54, 1.807) is 11.8 Å². The maximum atomic E-state index is 11.1. The van der Waals surface area contributed by atoms with Gasteiger partial charge in [-0.3, -0.25) is 4.79 Å². The van der Waals surface area contributed by atoms with Gasteiger partial charge in [-0.15, -0.1) is 11.8 Å². The highest BCUT2D eigenvalue weighted by atomic mass is 32.2. The molecule has 1 N–H and O–H groups in total. The fourth-order valence-corrected chi connectivity index (χ4v) is 2.44. The fraction of sp³-hybridized carbons (Fsp3) is 0.300. The molecule has 3 heteroatoms. The first-order valence-corrected chi connectivity index (χ1v) is 5.20. The molecule has 1 fully saturated rings. The van der Waals surface area contributed by atoms with E-state index in [1.807, 2.05) is 37.3 Å². The first-order chi connectivity index (χ1) is 6.21. The first kappa shape index (κ1) is 8.63. The molecule has 0 aliphatic carbocycles. The van der Waals surface area contributed by atoms with Crippen LogP contribution in [0.3, 0.4) is 0 Å². The smallest absolute Gasteiger partial charge is 0.231 e. The first-order valence-electron chi connectivity index (χ1n) is 4.21. The van der Waals surface area contributed by atoms with E-state index >= 15 is 0 Å². The average Bonchev–Trinajstić information content (AvgIpc) is 2.49. The molecule has 0 aromatic heterocycles. The molecule has 2 rings (SSSR count). The number of amides is 1. The fourth-order valence-electron chi connectivity index (χ4n) is 1.46. The summed E-state index contributed by atoms with van der Waals surface area (Å²) >= 11 is 1.65. The van der Waals surface area contributed by atoms with Crippen molar-refractivity contribution in [1.29, 1.82) is 0 Å². The Hall–Kier alpha value is -0.960. The largest absolute Gasteiger partial charge is 0.337 e. The van der Waals surface area contributed by atoms with E-state index in [0.29, 0.717) is 5.75 Å². The molecular formula is C10H11NOS. The monoisotopic (exact) mass is 193 g/mol. The van der Waals surface area contributed by atoms with Gasteiger partial charge in [-0.05, 0) is 12.5 Å². The Morgan fingerprint density at radius 2 is 2.08 bits per heavy atom. The highest BCUT2D eigenvalue weighted by molar-refractivity contribution is 8.01.